The molecule has 1 aliphatic carbocycles. The Hall–Kier alpha value is -2.40. The Labute approximate surface area is 267 Å². The van der Waals surface area contributed by atoms with Crippen LogP contribution in [0, 0.1) is 12.8 Å². The summed E-state index contributed by atoms with van der Waals surface area (Å²) in [6.07, 6.45) is 8.93. The van der Waals surface area contributed by atoms with Crippen LogP contribution in [-0.4, -0.2) is 53.1 Å². The number of carboxylic acid groups (broad SMARTS) is 1. The standard InChI is InChI=1S/C33H46N2O5S.Li/c1-23-11-9-10-14-26(23)28-21-25(15-16-27(28)30(36)34-29(31(37)38)18-20-41-5)22-35(32(39)40-33(2,3)4)19-17-24-12-7-6-8-13-24;/h9-11,14-16,21,24,29H,6-8,12-13,17-20,22H2,1-5H3,(H,34,36)(H,37,38);/q;+1/p-1. The molecule has 9 heteroatoms. The van der Waals surface area contributed by atoms with Gasteiger partial charge in [0.05, 0.1) is 12.0 Å². The van der Waals surface area contributed by atoms with Crippen molar-refractivity contribution in [3.05, 3.63) is 59.2 Å². The van der Waals surface area contributed by atoms with E-state index in [2.05, 4.69) is 5.32 Å². The van der Waals surface area contributed by atoms with Crippen molar-refractivity contribution in [3.8, 4) is 11.1 Å². The summed E-state index contributed by atoms with van der Waals surface area (Å²) >= 11 is 1.51. The second-order valence-corrected chi connectivity index (χ2v) is 13.0. The third kappa shape index (κ3) is 11.0. The van der Waals surface area contributed by atoms with E-state index in [9.17, 15) is 19.5 Å². The molecule has 0 saturated heterocycles. The molecule has 1 aliphatic rings. The van der Waals surface area contributed by atoms with Gasteiger partial charge >= 0.3 is 25.0 Å². The van der Waals surface area contributed by atoms with Gasteiger partial charge in [-0.05, 0) is 92.8 Å². The number of ether oxygens (including phenoxy) is 1. The van der Waals surface area contributed by atoms with E-state index in [1.54, 1.807) is 11.0 Å². The predicted molar refractivity (Wildman–Crippen MR) is 164 cm³/mol. The van der Waals surface area contributed by atoms with Crippen LogP contribution in [0.15, 0.2) is 42.5 Å². The summed E-state index contributed by atoms with van der Waals surface area (Å²) < 4.78 is 5.77. The van der Waals surface area contributed by atoms with Crippen molar-refractivity contribution in [1.29, 1.82) is 0 Å². The molecule has 0 spiro atoms. The molecule has 7 nitrogen and oxygen atoms in total. The van der Waals surface area contributed by atoms with Crippen LogP contribution in [0.1, 0.15) is 87.2 Å². The zero-order valence-corrected chi connectivity index (χ0v) is 27.0. The van der Waals surface area contributed by atoms with E-state index < -0.39 is 23.5 Å². The Morgan fingerprint density at radius 2 is 1.76 bits per heavy atom. The van der Waals surface area contributed by atoms with E-state index in [1.165, 1.54) is 43.9 Å². The topological polar surface area (TPSA) is 98.8 Å². The number of aryl methyl sites for hydroxylation is 1. The van der Waals surface area contributed by atoms with Crippen LogP contribution in [0.5, 0.6) is 0 Å². The van der Waals surface area contributed by atoms with E-state index in [0.717, 1.165) is 23.1 Å². The first-order valence-electron chi connectivity index (χ1n) is 14.7. The molecule has 2 aromatic rings. The molecule has 1 N–H and O–H groups in total. The number of carbonyl (C=O) groups excluding carboxylic acids is 3. The van der Waals surface area contributed by atoms with E-state index >= 15 is 0 Å². The normalized spacial score (nSPS) is 14.4. The van der Waals surface area contributed by atoms with Crippen molar-refractivity contribution in [2.45, 2.75) is 90.8 Å². The summed E-state index contributed by atoms with van der Waals surface area (Å²) in [5.41, 5.74) is 3.19. The van der Waals surface area contributed by atoms with Crippen LogP contribution in [0.3, 0.4) is 0 Å². The number of hydrogen-bond acceptors (Lipinski definition) is 6. The molecule has 2 aromatic carbocycles. The number of amides is 2. The van der Waals surface area contributed by atoms with Gasteiger partial charge in [0.2, 0.25) is 0 Å². The molecule has 0 radical (unpaired) electrons. The number of carboxylic acids is 1. The molecule has 2 amide bonds. The van der Waals surface area contributed by atoms with Gasteiger partial charge < -0.3 is 24.9 Å². The van der Waals surface area contributed by atoms with Gasteiger partial charge in [-0.2, -0.15) is 11.8 Å². The summed E-state index contributed by atoms with van der Waals surface area (Å²) in [6, 6.07) is 12.2. The molecule has 224 valence electrons. The smallest absolute Gasteiger partial charge is 0.548 e. The van der Waals surface area contributed by atoms with Crippen molar-refractivity contribution in [1.82, 2.24) is 10.2 Å². The number of rotatable bonds is 12. The fraction of sp³-hybridized carbons (Fsp3) is 0.545. The average molecular weight is 589 g/mol. The Morgan fingerprint density at radius 1 is 1.07 bits per heavy atom. The molecule has 1 fully saturated rings. The maximum absolute atomic E-state index is 13.4. The first-order valence-corrected chi connectivity index (χ1v) is 16.1. The molecule has 0 aromatic heterocycles. The summed E-state index contributed by atoms with van der Waals surface area (Å²) in [5, 5.41) is 14.4. The van der Waals surface area contributed by atoms with Crippen LogP contribution in [0.25, 0.3) is 11.1 Å². The predicted octanol–water partition coefficient (Wildman–Crippen LogP) is 2.97. The molecule has 0 heterocycles. The number of carbonyl (C=O) groups is 3. The van der Waals surface area contributed by atoms with E-state index in [-0.39, 0.29) is 31.4 Å². The molecule has 1 unspecified atom stereocenters. The number of thioether (sulfide) groups is 1. The summed E-state index contributed by atoms with van der Waals surface area (Å²) in [5.74, 6) is -0.562. The largest absolute Gasteiger partial charge is 1.00 e. The molecule has 3 rings (SSSR count). The van der Waals surface area contributed by atoms with Gasteiger partial charge in [-0.1, -0.05) is 62.4 Å². The molecular weight excluding hydrogens is 543 g/mol. The van der Waals surface area contributed by atoms with Gasteiger partial charge in [0, 0.05) is 18.7 Å². The second-order valence-electron chi connectivity index (χ2n) is 12.0. The van der Waals surface area contributed by atoms with Gasteiger partial charge in [-0.25, -0.2) is 4.79 Å². The zero-order chi connectivity index (χ0) is 30.0. The molecule has 0 aliphatic heterocycles. The van der Waals surface area contributed by atoms with E-state index in [0.29, 0.717) is 35.9 Å². The van der Waals surface area contributed by atoms with E-state index in [1.807, 2.05) is 70.3 Å². The Bertz CT molecular complexity index is 1190. The average Bonchev–Trinajstić information content (AvgIpc) is 2.92. The van der Waals surface area contributed by atoms with Crippen molar-refractivity contribution in [2.24, 2.45) is 5.92 Å². The Kier molecular flexibility index (Phi) is 14.5. The Morgan fingerprint density at radius 3 is 2.38 bits per heavy atom. The first kappa shape index (κ1) is 35.8. The monoisotopic (exact) mass is 588 g/mol. The first-order chi connectivity index (χ1) is 19.5. The maximum atomic E-state index is 13.4. The fourth-order valence-corrected chi connectivity index (χ4v) is 5.77. The van der Waals surface area contributed by atoms with Crippen molar-refractivity contribution in [2.75, 3.05) is 18.6 Å². The number of aliphatic carboxylic acids is 1. The summed E-state index contributed by atoms with van der Waals surface area (Å²) in [6.45, 7) is 8.53. The van der Waals surface area contributed by atoms with Gasteiger partial charge in [0.15, 0.2) is 0 Å². The van der Waals surface area contributed by atoms with Crippen molar-refractivity contribution in [3.63, 3.8) is 0 Å². The minimum atomic E-state index is -1.30. The van der Waals surface area contributed by atoms with Crippen LogP contribution in [-0.2, 0) is 16.1 Å². The van der Waals surface area contributed by atoms with Gasteiger partial charge in [0.1, 0.15) is 5.60 Å². The molecule has 1 saturated carbocycles. The van der Waals surface area contributed by atoms with Crippen LogP contribution in [0.4, 0.5) is 4.79 Å². The number of nitrogens with zero attached hydrogens (tertiary/aromatic N) is 1. The molecule has 42 heavy (non-hydrogen) atoms. The van der Waals surface area contributed by atoms with Gasteiger partial charge in [-0.3, -0.25) is 4.79 Å². The summed E-state index contributed by atoms with van der Waals surface area (Å²) in [4.78, 5) is 40.2. The van der Waals surface area contributed by atoms with Crippen LogP contribution in [0.2, 0.25) is 0 Å². The summed E-state index contributed by atoms with van der Waals surface area (Å²) in [7, 11) is 0. The zero-order valence-electron chi connectivity index (χ0n) is 26.2. The molecule has 0 bridgehead atoms. The SMILES string of the molecule is CSCCC(NC(=O)c1ccc(CN(CCC2CCCCC2)C(=O)OC(C)(C)C)cc1-c1ccccc1C)C(=O)[O-].[Li+]. The van der Waals surface area contributed by atoms with Gasteiger partial charge in [0.25, 0.3) is 5.91 Å². The number of benzene rings is 2. The minimum absolute atomic E-state index is 0. The van der Waals surface area contributed by atoms with Gasteiger partial charge in [-0.15, -0.1) is 0 Å². The number of nitrogens with one attached hydrogen (secondary N) is 1. The second kappa shape index (κ2) is 17.0. The number of hydrogen-bond donors (Lipinski definition) is 1. The Balaban J connectivity index is 0.00000616. The van der Waals surface area contributed by atoms with Crippen LogP contribution < -0.4 is 29.3 Å². The third-order valence-electron chi connectivity index (χ3n) is 7.52. The molecular formula is C33H45LiN2O5S. The van der Waals surface area contributed by atoms with Crippen molar-refractivity contribution >= 4 is 29.7 Å². The minimum Gasteiger partial charge on any atom is -0.548 e. The van der Waals surface area contributed by atoms with E-state index in [4.69, 9.17) is 4.74 Å². The molecule has 1 atom stereocenters. The van der Waals surface area contributed by atoms with Crippen molar-refractivity contribution < 1.29 is 43.1 Å². The van der Waals surface area contributed by atoms with Crippen LogP contribution >= 0.6 is 11.8 Å². The fourth-order valence-electron chi connectivity index (χ4n) is 5.30. The third-order valence-corrected chi connectivity index (χ3v) is 8.17. The maximum Gasteiger partial charge on any atom is 1.00 e. The quantitative estimate of drug-likeness (QED) is 0.383.